The van der Waals surface area contributed by atoms with E-state index in [2.05, 4.69) is 43.1 Å². The fourth-order valence-electron chi connectivity index (χ4n) is 1.27. The van der Waals surface area contributed by atoms with Gasteiger partial charge in [-0.1, -0.05) is 37.2 Å². The van der Waals surface area contributed by atoms with Gasteiger partial charge in [0.2, 0.25) is 0 Å². The van der Waals surface area contributed by atoms with Crippen molar-refractivity contribution >= 4 is 23.4 Å². The number of rotatable bonds is 7. The molecule has 0 saturated carbocycles. The maximum atomic E-state index is 5.72. The number of hydrogen-bond acceptors (Lipinski definition) is 2. The largest absolute Gasteiger partial charge is 0.313 e. The molecule has 0 aliphatic heterocycles. The normalized spacial score (nSPS) is 10.4. The Labute approximate surface area is 107 Å². The molecule has 0 heterocycles. The molecule has 0 bridgehead atoms. The van der Waals surface area contributed by atoms with Crippen LogP contribution in [0, 0.1) is 0 Å². The van der Waals surface area contributed by atoms with Gasteiger partial charge >= 0.3 is 0 Å². The summed E-state index contributed by atoms with van der Waals surface area (Å²) < 4.78 is 0. The Kier molecular flexibility index (Phi) is 6.62. The molecule has 1 aromatic carbocycles. The Hall–Kier alpha value is -0.440. The first kappa shape index (κ1) is 13.6. The Morgan fingerprint density at radius 1 is 1.38 bits per heavy atom. The van der Waals surface area contributed by atoms with Gasteiger partial charge in [-0.05, 0) is 30.7 Å². The first-order valence-electron chi connectivity index (χ1n) is 5.48. The molecule has 3 heteroatoms. The fourth-order valence-corrected chi connectivity index (χ4v) is 2.09. The summed E-state index contributed by atoms with van der Waals surface area (Å²) in [6.45, 7) is 7.86. The fraction of sp³-hybridized carbons (Fsp3) is 0.385. The van der Waals surface area contributed by atoms with Crippen molar-refractivity contribution in [1.82, 2.24) is 5.32 Å². The lowest BCUT2D eigenvalue weighted by Crippen LogP contribution is -2.13. The first-order chi connectivity index (χ1) is 7.72. The lowest BCUT2D eigenvalue weighted by molar-refractivity contribution is 0.675. The van der Waals surface area contributed by atoms with Gasteiger partial charge in [0, 0.05) is 22.2 Å². The third kappa shape index (κ3) is 5.59. The Morgan fingerprint density at radius 2 is 2.06 bits per heavy atom. The summed E-state index contributed by atoms with van der Waals surface area (Å²) in [5.74, 6) is 0.773. The van der Waals surface area contributed by atoms with Crippen LogP contribution < -0.4 is 5.32 Å². The zero-order valence-corrected chi connectivity index (χ0v) is 11.2. The molecule has 16 heavy (non-hydrogen) atoms. The highest BCUT2D eigenvalue weighted by Gasteiger charge is 1.96. The molecule has 0 unspecified atom stereocenters. The third-order valence-electron chi connectivity index (χ3n) is 2.07. The average Bonchev–Trinajstić information content (AvgIpc) is 2.28. The van der Waals surface area contributed by atoms with Crippen molar-refractivity contribution in [2.45, 2.75) is 24.8 Å². The predicted molar refractivity (Wildman–Crippen MR) is 74.2 cm³/mol. The molecule has 88 valence electrons. The van der Waals surface area contributed by atoms with Crippen LogP contribution >= 0.6 is 23.4 Å². The van der Waals surface area contributed by atoms with Gasteiger partial charge < -0.3 is 5.32 Å². The van der Waals surface area contributed by atoms with Crippen LogP contribution in [0.2, 0.25) is 0 Å². The standard InChI is InChI=1S/C13H18ClNS/c1-3-8-15-9-12-4-6-13(7-5-12)16-10-11(2)14/h4-7,15H,2-3,8-10H2,1H3. The lowest BCUT2D eigenvalue weighted by Gasteiger charge is -2.05. The second-order valence-corrected chi connectivity index (χ2v) is 5.21. The highest BCUT2D eigenvalue weighted by atomic mass is 35.5. The van der Waals surface area contributed by atoms with Gasteiger partial charge in [0.25, 0.3) is 0 Å². The maximum Gasteiger partial charge on any atom is 0.0334 e. The van der Waals surface area contributed by atoms with Gasteiger partial charge in [-0.15, -0.1) is 11.8 Å². The molecule has 0 aliphatic carbocycles. The Morgan fingerprint density at radius 3 is 2.62 bits per heavy atom. The van der Waals surface area contributed by atoms with E-state index in [1.165, 1.54) is 16.9 Å². The van der Waals surface area contributed by atoms with Gasteiger partial charge in [-0.2, -0.15) is 0 Å². The van der Waals surface area contributed by atoms with Crippen molar-refractivity contribution in [2.75, 3.05) is 12.3 Å². The van der Waals surface area contributed by atoms with Gasteiger partial charge in [-0.3, -0.25) is 0 Å². The molecule has 1 aromatic rings. The predicted octanol–water partition coefficient (Wildman–Crippen LogP) is 4.03. The Bertz CT molecular complexity index is 321. The monoisotopic (exact) mass is 255 g/mol. The number of thioether (sulfide) groups is 1. The van der Waals surface area contributed by atoms with Crippen LogP contribution in [0.25, 0.3) is 0 Å². The second-order valence-electron chi connectivity index (χ2n) is 3.63. The zero-order valence-electron chi connectivity index (χ0n) is 9.63. The third-order valence-corrected chi connectivity index (χ3v) is 3.47. The van der Waals surface area contributed by atoms with E-state index < -0.39 is 0 Å². The minimum absolute atomic E-state index is 0.693. The topological polar surface area (TPSA) is 12.0 Å². The summed E-state index contributed by atoms with van der Waals surface area (Å²) in [6, 6.07) is 8.57. The minimum Gasteiger partial charge on any atom is -0.313 e. The van der Waals surface area contributed by atoms with Crippen LogP contribution in [-0.2, 0) is 6.54 Å². The summed E-state index contributed by atoms with van der Waals surface area (Å²) >= 11 is 7.43. The van der Waals surface area contributed by atoms with Crippen LogP contribution in [-0.4, -0.2) is 12.3 Å². The van der Waals surface area contributed by atoms with Crippen molar-refractivity contribution < 1.29 is 0 Å². The quantitative estimate of drug-likeness (QED) is 0.583. The van der Waals surface area contributed by atoms with E-state index >= 15 is 0 Å². The molecule has 0 fully saturated rings. The molecular weight excluding hydrogens is 238 g/mol. The van der Waals surface area contributed by atoms with Gasteiger partial charge in [0.05, 0.1) is 0 Å². The maximum absolute atomic E-state index is 5.72. The van der Waals surface area contributed by atoms with Crippen LogP contribution in [0.4, 0.5) is 0 Å². The second kappa shape index (κ2) is 7.77. The number of halogens is 1. The molecule has 0 spiro atoms. The van der Waals surface area contributed by atoms with E-state index in [1.54, 1.807) is 11.8 Å². The molecule has 0 radical (unpaired) electrons. The van der Waals surface area contributed by atoms with E-state index in [9.17, 15) is 0 Å². The van der Waals surface area contributed by atoms with Crippen molar-refractivity contribution in [1.29, 1.82) is 0 Å². The molecule has 1 N–H and O–H groups in total. The molecular formula is C13H18ClNS. The van der Waals surface area contributed by atoms with Crippen LogP contribution in [0.1, 0.15) is 18.9 Å². The highest BCUT2D eigenvalue weighted by Crippen LogP contribution is 2.21. The van der Waals surface area contributed by atoms with Gasteiger partial charge in [0.15, 0.2) is 0 Å². The summed E-state index contributed by atoms with van der Waals surface area (Å²) in [5.41, 5.74) is 1.32. The first-order valence-corrected chi connectivity index (χ1v) is 6.84. The van der Waals surface area contributed by atoms with E-state index in [4.69, 9.17) is 11.6 Å². The van der Waals surface area contributed by atoms with Gasteiger partial charge in [-0.25, -0.2) is 0 Å². The van der Waals surface area contributed by atoms with Crippen LogP contribution in [0.3, 0.4) is 0 Å². The van der Waals surface area contributed by atoms with Crippen molar-refractivity contribution in [3.63, 3.8) is 0 Å². The van der Waals surface area contributed by atoms with Crippen molar-refractivity contribution in [3.05, 3.63) is 41.4 Å². The van der Waals surface area contributed by atoms with Gasteiger partial charge in [0.1, 0.15) is 0 Å². The van der Waals surface area contributed by atoms with E-state index in [1.807, 2.05) is 0 Å². The van der Waals surface area contributed by atoms with E-state index in [-0.39, 0.29) is 0 Å². The molecule has 0 aromatic heterocycles. The van der Waals surface area contributed by atoms with E-state index in [0.29, 0.717) is 5.03 Å². The number of benzene rings is 1. The smallest absolute Gasteiger partial charge is 0.0334 e. The van der Waals surface area contributed by atoms with Crippen LogP contribution in [0.5, 0.6) is 0 Å². The highest BCUT2D eigenvalue weighted by molar-refractivity contribution is 7.99. The van der Waals surface area contributed by atoms with Crippen molar-refractivity contribution in [2.24, 2.45) is 0 Å². The summed E-state index contributed by atoms with van der Waals surface area (Å²) in [4.78, 5) is 1.24. The molecule has 1 rings (SSSR count). The van der Waals surface area contributed by atoms with Crippen LogP contribution in [0.15, 0.2) is 40.8 Å². The van der Waals surface area contributed by atoms with Crippen molar-refractivity contribution in [3.8, 4) is 0 Å². The summed E-state index contributed by atoms with van der Waals surface area (Å²) in [6.07, 6.45) is 1.17. The minimum atomic E-state index is 0.693. The molecule has 0 saturated heterocycles. The summed E-state index contributed by atoms with van der Waals surface area (Å²) in [5, 5.41) is 4.07. The molecule has 0 atom stereocenters. The molecule has 0 amide bonds. The molecule has 1 nitrogen and oxygen atoms in total. The number of hydrogen-bond donors (Lipinski definition) is 1. The average molecular weight is 256 g/mol. The zero-order chi connectivity index (χ0) is 11.8. The van der Waals surface area contributed by atoms with E-state index in [0.717, 1.165) is 18.8 Å². The summed E-state index contributed by atoms with van der Waals surface area (Å²) in [7, 11) is 0. The lowest BCUT2D eigenvalue weighted by atomic mass is 10.2. The molecule has 0 aliphatic rings. The number of nitrogens with one attached hydrogen (secondary N) is 1. The Balaban J connectivity index is 2.38. The SMILES string of the molecule is C=C(Cl)CSc1ccc(CNCCC)cc1.